The second kappa shape index (κ2) is 8.25. The van der Waals surface area contributed by atoms with Gasteiger partial charge in [0.25, 0.3) is 0 Å². The number of carboxylic acids is 1. The van der Waals surface area contributed by atoms with Crippen LogP contribution in [0, 0.1) is 13.8 Å². The van der Waals surface area contributed by atoms with Gasteiger partial charge in [0.15, 0.2) is 0 Å². The van der Waals surface area contributed by atoms with Crippen molar-refractivity contribution in [3.8, 4) is 0 Å². The summed E-state index contributed by atoms with van der Waals surface area (Å²) in [6.45, 7) is 4.39. The molecule has 0 bridgehead atoms. The van der Waals surface area contributed by atoms with Gasteiger partial charge in [0.05, 0.1) is 24.4 Å². The van der Waals surface area contributed by atoms with Crippen molar-refractivity contribution in [3.05, 3.63) is 17.0 Å². The molecule has 2 N–H and O–H groups in total. The number of aromatic nitrogens is 2. The molecule has 0 radical (unpaired) electrons. The number of nitrogens with zero attached hydrogens (tertiary/aromatic N) is 2. The summed E-state index contributed by atoms with van der Waals surface area (Å²) in [6, 6.07) is -0.318. The highest BCUT2D eigenvalue weighted by atomic mass is 16.5. The SMILES string of the molecule is Cc1nn(C)c(C)c1CCC(=O)N[C@@H]1COCC[C@@H]1OCC(=O)O. The van der Waals surface area contributed by atoms with E-state index in [0.717, 1.165) is 17.0 Å². The minimum atomic E-state index is -1.02. The van der Waals surface area contributed by atoms with E-state index in [1.165, 1.54) is 0 Å². The maximum absolute atomic E-state index is 12.2. The van der Waals surface area contributed by atoms with Crippen LogP contribution in [0.15, 0.2) is 0 Å². The second-order valence-corrected chi connectivity index (χ2v) is 6.05. The topological polar surface area (TPSA) is 103 Å². The minimum Gasteiger partial charge on any atom is -0.480 e. The molecule has 0 spiro atoms. The van der Waals surface area contributed by atoms with E-state index in [-0.39, 0.29) is 24.7 Å². The maximum Gasteiger partial charge on any atom is 0.329 e. The quantitative estimate of drug-likeness (QED) is 0.743. The van der Waals surface area contributed by atoms with Gasteiger partial charge in [0.2, 0.25) is 5.91 Å². The predicted molar refractivity (Wildman–Crippen MR) is 85.7 cm³/mol. The Balaban J connectivity index is 1.86. The van der Waals surface area contributed by atoms with Crippen LogP contribution in [0.4, 0.5) is 0 Å². The first-order valence-corrected chi connectivity index (χ1v) is 8.08. The molecule has 8 heteroatoms. The number of amides is 1. The highest BCUT2D eigenvalue weighted by molar-refractivity contribution is 5.76. The number of ether oxygens (including phenoxy) is 2. The lowest BCUT2D eigenvalue weighted by molar-refractivity contribution is -0.148. The third kappa shape index (κ3) is 4.78. The molecular weight excluding hydrogens is 314 g/mol. The molecule has 1 aromatic heterocycles. The highest BCUT2D eigenvalue weighted by Gasteiger charge is 2.28. The van der Waals surface area contributed by atoms with Gasteiger partial charge in [-0.2, -0.15) is 5.10 Å². The van der Waals surface area contributed by atoms with Crippen LogP contribution in [0.25, 0.3) is 0 Å². The van der Waals surface area contributed by atoms with Gasteiger partial charge in [0, 0.05) is 25.8 Å². The van der Waals surface area contributed by atoms with E-state index >= 15 is 0 Å². The van der Waals surface area contributed by atoms with Crippen LogP contribution in [0.5, 0.6) is 0 Å². The van der Waals surface area contributed by atoms with Gasteiger partial charge in [-0.3, -0.25) is 9.48 Å². The third-order valence-electron chi connectivity index (χ3n) is 4.32. The van der Waals surface area contributed by atoms with E-state index in [1.54, 1.807) is 0 Å². The lowest BCUT2D eigenvalue weighted by atomic mass is 10.0. The van der Waals surface area contributed by atoms with Crippen molar-refractivity contribution < 1.29 is 24.2 Å². The maximum atomic E-state index is 12.2. The molecule has 1 aromatic rings. The molecule has 134 valence electrons. The van der Waals surface area contributed by atoms with Crippen molar-refractivity contribution in [1.82, 2.24) is 15.1 Å². The van der Waals surface area contributed by atoms with Crippen LogP contribution < -0.4 is 5.32 Å². The fraction of sp³-hybridized carbons (Fsp3) is 0.688. The Morgan fingerprint density at radius 1 is 1.46 bits per heavy atom. The second-order valence-electron chi connectivity index (χ2n) is 6.05. The van der Waals surface area contributed by atoms with Gasteiger partial charge in [0.1, 0.15) is 6.61 Å². The average molecular weight is 339 g/mol. The van der Waals surface area contributed by atoms with E-state index in [2.05, 4.69) is 10.4 Å². The van der Waals surface area contributed by atoms with Gasteiger partial charge in [-0.1, -0.05) is 0 Å². The van der Waals surface area contributed by atoms with Crippen molar-refractivity contribution in [2.75, 3.05) is 19.8 Å². The van der Waals surface area contributed by atoms with Crippen LogP contribution in [-0.4, -0.2) is 58.7 Å². The fourth-order valence-electron chi connectivity index (χ4n) is 2.93. The number of aliphatic carboxylic acids is 1. The Morgan fingerprint density at radius 2 is 2.21 bits per heavy atom. The molecule has 0 saturated carbocycles. The number of nitrogens with one attached hydrogen (secondary N) is 1. The van der Waals surface area contributed by atoms with E-state index < -0.39 is 5.97 Å². The first-order chi connectivity index (χ1) is 11.4. The predicted octanol–water partition coefficient (Wildman–Crippen LogP) is 0.344. The smallest absolute Gasteiger partial charge is 0.329 e. The number of carboxylic acid groups (broad SMARTS) is 1. The molecule has 1 amide bonds. The molecule has 0 unspecified atom stereocenters. The monoisotopic (exact) mass is 339 g/mol. The molecule has 1 aliphatic heterocycles. The molecule has 1 saturated heterocycles. The Kier molecular flexibility index (Phi) is 6.33. The molecule has 8 nitrogen and oxygen atoms in total. The molecule has 2 atom stereocenters. The Labute approximate surface area is 141 Å². The molecule has 0 aromatic carbocycles. The first-order valence-electron chi connectivity index (χ1n) is 8.08. The summed E-state index contributed by atoms with van der Waals surface area (Å²) in [4.78, 5) is 22.9. The van der Waals surface area contributed by atoms with E-state index in [0.29, 0.717) is 32.5 Å². The summed E-state index contributed by atoms with van der Waals surface area (Å²) < 4.78 is 12.5. The molecule has 0 aliphatic carbocycles. The zero-order valence-corrected chi connectivity index (χ0v) is 14.4. The lowest BCUT2D eigenvalue weighted by Gasteiger charge is -2.31. The van der Waals surface area contributed by atoms with Gasteiger partial charge in [-0.05, 0) is 32.3 Å². The number of hydrogen-bond acceptors (Lipinski definition) is 5. The molecule has 2 heterocycles. The van der Waals surface area contributed by atoms with E-state index in [4.69, 9.17) is 14.6 Å². The van der Waals surface area contributed by atoms with Crippen molar-refractivity contribution in [2.45, 2.75) is 45.3 Å². The number of carbonyl (C=O) groups excluding carboxylic acids is 1. The van der Waals surface area contributed by atoms with E-state index in [1.807, 2.05) is 25.6 Å². The van der Waals surface area contributed by atoms with Gasteiger partial charge < -0.3 is 19.9 Å². The molecule has 1 aliphatic rings. The summed E-state index contributed by atoms with van der Waals surface area (Å²) >= 11 is 0. The van der Waals surface area contributed by atoms with Crippen LogP contribution >= 0.6 is 0 Å². The number of aryl methyl sites for hydroxylation is 2. The highest BCUT2D eigenvalue weighted by Crippen LogP contribution is 2.15. The molecule has 24 heavy (non-hydrogen) atoms. The lowest BCUT2D eigenvalue weighted by Crippen LogP contribution is -2.51. The summed E-state index contributed by atoms with van der Waals surface area (Å²) in [7, 11) is 1.88. The van der Waals surface area contributed by atoms with E-state index in [9.17, 15) is 9.59 Å². The minimum absolute atomic E-state index is 0.0999. The van der Waals surface area contributed by atoms with Crippen LogP contribution in [0.3, 0.4) is 0 Å². The fourth-order valence-corrected chi connectivity index (χ4v) is 2.93. The number of hydrogen-bond donors (Lipinski definition) is 2. The van der Waals surface area contributed by atoms with Crippen molar-refractivity contribution in [1.29, 1.82) is 0 Å². The van der Waals surface area contributed by atoms with Gasteiger partial charge in [-0.15, -0.1) is 0 Å². The van der Waals surface area contributed by atoms with Crippen LogP contribution in [-0.2, 0) is 32.5 Å². The third-order valence-corrected chi connectivity index (χ3v) is 4.32. The Hall–Kier alpha value is -1.93. The average Bonchev–Trinajstić information content (AvgIpc) is 2.77. The molecule has 2 rings (SSSR count). The zero-order chi connectivity index (χ0) is 17.7. The largest absolute Gasteiger partial charge is 0.480 e. The number of rotatable bonds is 7. The van der Waals surface area contributed by atoms with Gasteiger partial charge in [-0.25, -0.2) is 4.79 Å². The Bertz CT molecular complexity index is 599. The van der Waals surface area contributed by atoms with Crippen LogP contribution in [0.1, 0.15) is 29.8 Å². The Morgan fingerprint density at radius 3 is 2.83 bits per heavy atom. The first kappa shape index (κ1) is 18.4. The summed E-state index contributed by atoms with van der Waals surface area (Å²) in [6.07, 6.45) is 1.20. The summed E-state index contributed by atoms with van der Waals surface area (Å²) in [5.74, 6) is -1.12. The van der Waals surface area contributed by atoms with Gasteiger partial charge >= 0.3 is 5.97 Å². The van der Waals surface area contributed by atoms with Crippen molar-refractivity contribution >= 4 is 11.9 Å². The van der Waals surface area contributed by atoms with Crippen LogP contribution in [0.2, 0.25) is 0 Å². The molecule has 1 fully saturated rings. The normalized spacial score (nSPS) is 20.8. The summed E-state index contributed by atoms with van der Waals surface area (Å²) in [5.41, 5.74) is 3.08. The standard InChI is InChI=1S/C16H25N3O5/c1-10-12(11(2)19(3)18-10)4-5-15(20)17-13-8-23-7-6-14(13)24-9-16(21)22/h13-14H,4-9H2,1-3H3,(H,17,20)(H,21,22)/t13-,14+/m1/s1. The van der Waals surface area contributed by atoms with Crippen molar-refractivity contribution in [2.24, 2.45) is 7.05 Å². The van der Waals surface area contributed by atoms with Crippen molar-refractivity contribution in [3.63, 3.8) is 0 Å². The zero-order valence-electron chi connectivity index (χ0n) is 14.4. The summed E-state index contributed by atoms with van der Waals surface area (Å²) in [5, 5.41) is 16.0. The number of carbonyl (C=O) groups is 2. The molecular formula is C16H25N3O5.